The Hall–Kier alpha value is -1.10. The second kappa shape index (κ2) is 5.59. The van der Waals surface area contributed by atoms with E-state index < -0.39 is 5.54 Å². The van der Waals surface area contributed by atoms with Gasteiger partial charge in [0.05, 0.1) is 6.54 Å². The highest BCUT2D eigenvalue weighted by atomic mass is 16.2. The fourth-order valence-corrected chi connectivity index (χ4v) is 3.76. The van der Waals surface area contributed by atoms with E-state index in [0.717, 1.165) is 38.9 Å². The van der Waals surface area contributed by atoms with Gasteiger partial charge < -0.3 is 15.1 Å². The minimum Gasteiger partial charge on any atom is -0.340 e. The Morgan fingerprint density at radius 2 is 1.86 bits per heavy atom. The summed E-state index contributed by atoms with van der Waals surface area (Å²) in [6.45, 7) is 5.20. The fourth-order valence-electron chi connectivity index (χ4n) is 3.76. The van der Waals surface area contributed by atoms with Crippen molar-refractivity contribution in [3.05, 3.63) is 0 Å². The van der Waals surface area contributed by atoms with E-state index in [1.165, 1.54) is 12.8 Å². The van der Waals surface area contributed by atoms with Gasteiger partial charge in [-0.1, -0.05) is 0 Å². The zero-order valence-corrected chi connectivity index (χ0v) is 13.2. The predicted molar refractivity (Wildman–Crippen MR) is 80.7 cm³/mol. The number of rotatable bonds is 4. The molecule has 2 heterocycles. The van der Waals surface area contributed by atoms with Gasteiger partial charge in [0, 0.05) is 6.54 Å². The average Bonchev–Trinajstić information content (AvgIpc) is 3.28. The summed E-state index contributed by atoms with van der Waals surface area (Å²) < 4.78 is 0. The Balaban J connectivity index is 1.56. The maximum absolute atomic E-state index is 12.7. The van der Waals surface area contributed by atoms with Crippen molar-refractivity contribution >= 4 is 11.8 Å². The van der Waals surface area contributed by atoms with Crippen LogP contribution in [0, 0.1) is 11.8 Å². The highest BCUT2D eigenvalue weighted by molar-refractivity contribution is 5.98. The Morgan fingerprint density at radius 3 is 2.48 bits per heavy atom. The normalized spacial score (nSPS) is 32.4. The van der Waals surface area contributed by atoms with Gasteiger partial charge in [-0.05, 0) is 71.0 Å². The molecular formula is C16H27N3O2. The topological polar surface area (TPSA) is 52.6 Å². The molecule has 0 bridgehead atoms. The lowest BCUT2D eigenvalue weighted by molar-refractivity contribution is -0.150. The Bertz CT molecular complexity index is 427. The standard InChI is InChI=1S/C16H27N3O2/c1-16(13-3-4-13)15(21)19(11-14(20)17-16)10-7-12-5-8-18(2)9-6-12/h12-13H,3-11H2,1-2H3,(H,17,20). The van der Waals surface area contributed by atoms with Gasteiger partial charge in [-0.15, -0.1) is 0 Å². The third-order valence-electron chi connectivity index (χ3n) is 5.50. The van der Waals surface area contributed by atoms with Crippen LogP contribution in [0.25, 0.3) is 0 Å². The van der Waals surface area contributed by atoms with Crippen molar-refractivity contribution in [3.63, 3.8) is 0 Å². The van der Waals surface area contributed by atoms with Crippen molar-refractivity contribution in [2.45, 2.75) is 44.6 Å². The molecule has 21 heavy (non-hydrogen) atoms. The molecule has 3 fully saturated rings. The molecule has 1 saturated carbocycles. The number of carbonyl (C=O) groups is 2. The highest BCUT2D eigenvalue weighted by Gasteiger charge is 2.52. The van der Waals surface area contributed by atoms with Crippen molar-refractivity contribution in [1.82, 2.24) is 15.1 Å². The molecule has 5 heteroatoms. The molecule has 0 aromatic heterocycles. The van der Waals surface area contributed by atoms with Gasteiger partial charge in [-0.2, -0.15) is 0 Å². The van der Waals surface area contributed by atoms with Crippen LogP contribution in [0.3, 0.4) is 0 Å². The number of hydrogen-bond donors (Lipinski definition) is 1. The van der Waals surface area contributed by atoms with Crippen LogP contribution in [0.5, 0.6) is 0 Å². The molecule has 2 amide bonds. The predicted octanol–water partition coefficient (Wildman–Crippen LogP) is 0.845. The van der Waals surface area contributed by atoms with Crippen LogP contribution >= 0.6 is 0 Å². The van der Waals surface area contributed by atoms with Crippen LogP contribution in [0.2, 0.25) is 0 Å². The van der Waals surface area contributed by atoms with Gasteiger partial charge in [0.2, 0.25) is 11.8 Å². The molecule has 5 nitrogen and oxygen atoms in total. The fraction of sp³-hybridized carbons (Fsp3) is 0.875. The molecule has 2 aliphatic heterocycles. The molecule has 2 saturated heterocycles. The van der Waals surface area contributed by atoms with Crippen molar-refractivity contribution in [2.75, 3.05) is 33.2 Å². The Labute approximate surface area is 127 Å². The lowest BCUT2D eigenvalue weighted by Crippen LogP contribution is -2.66. The van der Waals surface area contributed by atoms with E-state index in [1.54, 1.807) is 4.90 Å². The van der Waals surface area contributed by atoms with Crippen LogP contribution in [-0.4, -0.2) is 60.4 Å². The van der Waals surface area contributed by atoms with E-state index in [2.05, 4.69) is 17.3 Å². The number of likely N-dealkylation sites (tertiary alicyclic amines) is 1. The summed E-state index contributed by atoms with van der Waals surface area (Å²) in [6.07, 6.45) is 5.58. The van der Waals surface area contributed by atoms with E-state index in [-0.39, 0.29) is 18.4 Å². The first-order valence-corrected chi connectivity index (χ1v) is 8.28. The van der Waals surface area contributed by atoms with Gasteiger partial charge in [-0.25, -0.2) is 0 Å². The van der Waals surface area contributed by atoms with Crippen molar-refractivity contribution in [3.8, 4) is 0 Å². The van der Waals surface area contributed by atoms with Crippen molar-refractivity contribution in [1.29, 1.82) is 0 Å². The molecule has 0 aromatic carbocycles. The first-order chi connectivity index (χ1) is 9.99. The third kappa shape index (κ3) is 3.07. The summed E-state index contributed by atoms with van der Waals surface area (Å²) in [5, 5.41) is 2.94. The summed E-state index contributed by atoms with van der Waals surface area (Å²) in [7, 11) is 2.16. The van der Waals surface area contributed by atoms with E-state index in [9.17, 15) is 9.59 Å². The number of carbonyl (C=O) groups excluding carboxylic acids is 2. The molecule has 1 unspecified atom stereocenters. The summed E-state index contributed by atoms with van der Waals surface area (Å²) in [5.41, 5.74) is -0.637. The lowest BCUT2D eigenvalue weighted by Gasteiger charge is -2.41. The second-order valence-electron chi connectivity index (χ2n) is 7.29. The van der Waals surface area contributed by atoms with Crippen molar-refractivity contribution in [2.24, 2.45) is 11.8 Å². The number of nitrogens with zero attached hydrogens (tertiary/aromatic N) is 2. The smallest absolute Gasteiger partial charge is 0.248 e. The molecule has 1 atom stereocenters. The van der Waals surface area contributed by atoms with Gasteiger partial charge >= 0.3 is 0 Å². The quantitative estimate of drug-likeness (QED) is 0.836. The summed E-state index contributed by atoms with van der Waals surface area (Å²) in [5.74, 6) is 1.19. The van der Waals surface area contributed by atoms with Crippen LogP contribution in [-0.2, 0) is 9.59 Å². The maximum atomic E-state index is 12.7. The molecule has 0 radical (unpaired) electrons. The molecular weight excluding hydrogens is 266 g/mol. The van der Waals surface area contributed by atoms with Crippen LogP contribution in [0.4, 0.5) is 0 Å². The van der Waals surface area contributed by atoms with E-state index >= 15 is 0 Å². The Kier molecular flexibility index (Phi) is 3.95. The summed E-state index contributed by atoms with van der Waals surface area (Å²) in [4.78, 5) is 28.8. The monoisotopic (exact) mass is 293 g/mol. The molecule has 0 spiro atoms. The molecule has 0 aromatic rings. The van der Waals surface area contributed by atoms with Crippen LogP contribution in [0.15, 0.2) is 0 Å². The largest absolute Gasteiger partial charge is 0.340 e. The number of piperazine rings is 1. The second-order valence-corrected chi connectivity index (χ2v) is 7.29. The number of piperidine rings is 1. The van der Waals surface area contributed by atoms with Gasteiger partial charge in [-0.3, -0.25) is 9.59 Å². The average molecular weight is 293 g/mol. The molecule has 3 aliphatic rings. The van der Waals surface area contributed by atoms with Gasteiger partial charge in [0.1, 0.15) is 5.54 Å². The number of hydrogen-bond acceptors (Lipinski definition) is 3. The van der Waals surface area contributed by atoms with Crippen LogP contribution < -0.4 is 5.32 Å². The first-order valence-electron chi connectivity index (χ1n) is 8.28. The highest BCUT2D eigenvalue weighted by Crippen LogP contribution is 2.41. The molecule has 1 aliphatic carbocycles. The third-order valence-corrected chi connectivity index (χ3v) is 5.50. The zero-order valence-electron chi connectivity index (χ0n) is 13.2. The number of nitrogens with one attached hydrogen (secondary N) is 1. The first kappa shape index (κ1) is 14.8. The van der Waals surface area contributed by atoms with Gasteiger partial charge in [0.25, 0.3) is 0 Å². The van der Waals surface area contributed by atoms with E-state index in [0.29, 0.717) is 11.8 Å². The lowest BCUT2D eigenvalue weighted by atomic mass is 9.90. The van der Waals surface area contributed by atoms with Crippen LogP contribution in [0.1, 0.15) is 39.0 Å². The maximum Gasteiger partial charge on any atom is 0.248 e. The van der Waals surface area contributed by atoms with Crippen molar-refractivity contribution < 1.29 is 9.59 Å². The molecule has 3 rings (SSSR count). The molecule has 118 valence electrons. The SMILES string of the molecule is CN1CCC(CCN2CC(=O)NC(C)(C3CC3)C2=O)CC1. The zero-order chi connectivity index (χ0) is 15.0. The summed E-state index contributed by atoms with van der Waals surface area (Å²) >= 11 is 0. The van der Waals surface area contributed by atoms with Gasteiger partial charge in [0.15, 0.2) is 0 Å². The minimum absolute atomic E-state index is 0.00683. The van der Waals surface area contributed by atoms with E-state index in [4.69, 9.17) is 0 Å². The summed E-state index contributed by atoms with van der Waals surface area (Å²) in [6, 6.07) is 0. The minimum atomic E-state index is -0.637. The number of amides is 2. The Morgan fingerprint density at radius 1 is 1.19 bits per heavy atom. The molecule has 1 N–H and O–H groups in total. The van der Waals surface area contributed by atoms with E-state index in [1.807, 2.05) is 6.92 Å².